The Hall–Kier alpha value is -1.83. The van der Waals surface area contributed by atoms with Crippen molar-refractivity contribution in [2.24, 2.45) is 0 Å². The van der Waals surface area contributed by atoms with Gasteiger partial charge in [0.1, 0.15) is 6.20 Å². The number of anilines is 1. The highest BCUT2D eigenvalue weighted by atomic mass is 14.7. The number of benzene rings is 1. The lowest BCUT2D eigenvalue weighted by Crippen LogP contribution is -1.88. The molecule has 1 aromatic heterocycles. The highest BCUT2D eigenvalue weighted by molar-refractivity contribution is 5.59. The molecule has 1 aromatic carbocycles. The van der Waals surface area contributed by atoms with Crippen LogP contribution in [0.3, 0.4) is 0 Å². The normalized spacial score (nSPS) is 9.85. The summed E-state index contributed by atoms with van der Waals surface area (Å²) in [4.78, 5) is 4.10. The third kappa shape index (κ3) is 1.67. The molecule has 0 aliphatic rings. The van der Waals surface area contributed by atoms with Crippen LogP contribution in [-0.4, -0.2) is 4.98 Å². The Morgan fingerprint density at radius 3 is 2.38 bits per heavy atom. The zero-order chi connectivity index (χ0) is 9.10. The van der Waals surface area contributed by atoms with Crippen LogP contribution in [0.5, 0.6) is 0 Å². The first kappa shape index (κ1) is 7.80. The largest absolute Gasteiger partial charge is 0.397 e. The number of nitrogens with zero attached hydrogens (tertiary/aromatic N) is 1. The molecule has 0 saturated heterocycles. The number of hydrogen-bond acceptors (Lipinski definition) is 2. The van der Waals surface area contributed by atoms with Crippen molar-refractivity contribution in [1.82, 2.24) is 4.98 Å². The van der Waals surface area contributed by atoms with Gasteiger partial charge >= 0.3 is 0 Å². The van der Waals surface area contributed by atoms with Gasteiger partial charge in [0.15, 0.2) is 0 Å². The maximum absolute atomic E-state index is 5.49. The molecule has 0 fully saturated rings. The molecular formula is C11H9N2. The predicted octanol–water partition coefficient (Wildman–Crippen LogP) is 2.13. The van der Waals surface area contributed by atoms with Gasteiger partial charge in [-0.05, 0) is 12.1 Å². The van der Waals surface area contributed by atoms with Crippen LogP contribution in [0.25, 0.3) is 11.3 Å². The molecule has 2 N–H and O–H groups in total. The number of nitrogen functional groups attached to an aromatic ring is 1. The average Bonchev–Trinajstić information content (AvgIpc) is 2.20. The monoisotopic (exact) mass is 169 g/mol. The van der Waals surface area contributed by atoms with Gasteiger partial charge in [-0.2, -0.15) is 0 Å². The second kappa shape index (κ2) is 3.27. The van der Waals surface area contributed by atoms with Gasteiger partial charge < -0.3 is 5.73 Å². The number of pyridine rings is 1. The van der Waals surface area contributed by atoms with E-state index >= 15 is 0 Å². The Morgan fingerprint density at radius 1 is 1.00 bits per heavy atom. The third-order valence-corrected chi connectivity index (χ3v) is 1.80. The van der Waals surface area contributed by atoms with Crippen LogP contribution in [0.4, 0.5) is 5.69 Å². The molecule has 13 heavy (non-hydrogen) atoms. The molecule has 63 valence electrons. The van der Waals surface area contributed by atoms with Crippen molar-refractivity contribution in [3.8, 4) is 11.3 Å². The first-order valence-corrected chi connectivity index (χ1v) is 4.06. The van der Waals surface area contributed by atoms with E-state index in [9.17, 15) is 0 Å². The molecule has 1 radical (unpaired) electrons. The molecule has 0 atom stereocenters. The summed E-state index contributed by atoms with van der Waals surface area (Å²) in [5.74, 6) is 0. The summed E-state index contributed by atoms with van der Waals surface area (Å²) in [6.45, 7) is 0. The zero-order valence-corrected chi connectivity index (χ0v) is 7.07. The molecule has 2 heteroatoms. The van der Waals surface area contributed by atoms with Crippen molar-refractivity contribution in [3.63, 3.8) is 0 Å². The summed E-state index contributed by atoms with van der Waals surface area (Å²) in [5.41, 5.74) is 8.04. The molecule has 0 amide bonds. The minimum Gasteiger partial charge on any atom is -0.397 e. The van der Waals surface area contributed by atoms with Crippen molar-refractivity contribution < 1.29 is 0 Å². The molecule has 0 aliphatic heterocycles. The van der Waals surface area contributed by atoms with Crippen LogP contribution in [0.15, 0.2) is 42.5 Å². The van der Waals surface area contributed by atoms with E-state index in [0.717, 1.165) is 11.3 Å². The lowest BCUT2D eigenvalue weighted by molar-refractivity contribution is 1.31. The highest BCUT2D eigenvalue weighted by Crippen LogP contribution is 2.15. The lowest BCUT2D eigenvalue weighted by Gasteiger charge is -1.99. The summed E-state index contributed by atoms with van der Waals surface area (Å²) < 4.78 is 0. The second-order valence-corrected chi connectivity index (χ2v) is 2.76. The van der Waals surface area contributed by atoms with Crippen molar-refractivity contribution in [3.05, 3.63) is 48.7 Å². The number of aromatic nitrogens is 1. The molecule has 0 bridgehead atoms. The molecular weight excluding hydrogens is 160 g/mol. The third-order valence-electron chi connectivity index (χ3n) is 1.80. The molecule has 1 heterocycles. The Bertz CT molecular complexity index is 379. The molecule has 0 saturated carbocycles. The highest BCUT2D eigenvalue weighted by Gasteiger charge is 1.96. The topological polar surface area (TPSA) is 38.9 Å². The fourth-order valence-electron chi connectivity index (χ4n) is 1.14. The van der Waals surface area contributed by atoms with Crippen LogP contribution in [0.1, 0.15) is 0 Å². The van der Waals surface area contributed by atoms with Crippen molar-refractivity contribution in [2.75, 3.05) is 5.73 Å². The van der Waals surface area contributed by atoms with E-state index in [1.54, 1.807) is 6.07 Å². The minimum atomic E-state index is 0.569. The Kier molecular flexibility index (Phi) is 1.96. The quantitative estimate of drug-likeness (QED) is 0.710. The van der Waals surface area contributed by atoms with E-state index in [0.29, 0.717) is 5.69 Å². The van der Waals surface area contributed by atoms with Gasteiger partial charge in [0.25, 0.3) is 0 Å². The standard InChI is InChI=1S/C11H9N2/c12-10-6-7-11(13-8-10)9-4-2-1-3-5-9/h1-7H,12H2. The predicted molar refractivity (Wildman–Crippen MR) is 52.9 cm³/mol. The molecule has 0 aliphatic carbocycles. The van der Waals surface area contributed by atoms with Gasteiger partial charge in [0, 0.05) is 5.56 Å². The van der Waals surface area contributed by atoms with Gasteiger partial charge in [0.2, 0.25) is 0 Å². The van der Waals surface area contributed by atoms with Crippen LogP contribution < -0.4 is 5.73 Å². The lowest BCUT2D eigenvalue weighted by atomic mass is 10.1. The van der Waals surface area contributed by atoms with Crippen LogP contribution in [-0.2, 0) is 0 Å². The minimum absolute atomic E-state index is 0.569. The summed E-state index contributed by atoms with van der Waals surface area (Å²) in [6.07, 6.45) is 2.73. The summed E-state index contributed by atoms with van der Waals surface area (Å²) in [6, 6.07) is 13.6. The van der Waals surface area contributed by atoms with E-state index in [4.69, 9.17) is 5.73 Å². The number of hydrogen-bond donors (Lipinski definition) is 1. The fraction of sp³-hybridized carbons (Fsp3) is 0. The summed E-state index contributed by atoms with van der Waals surface area (Å²) >= 11 is 0. The zero-order valence-electron chi connectivity index (χ0n) is 7.07. The first-order valence-electron chi connectivity index (χ1n) is 4.06. The molecule has 2 nitrogen and oxygen atoms in total. The molecule has 0 unspecified atom stereocenters. The Labute approximate surface area is 77.0 Å². The van der Waals surface area contributed by atoms with Gasteiger partial charge in [-0.25, -0.2) is 4.98 Å². The van der Waals surface area contributed by atoms with E-state index in [1.165, 1.54) is 0 Å². The molecule has 0 spiro atoms. The smallest absolute Gasteiger partial charge is 0.114 e. The number of nitrogens with two attached hydrogens (primary N) is 1. The molecule has 2 aromatic rings. The van der Waals surface area contributed by atoms with E-state index in [1.807, 2.05) is 36.4 Å². The van der Waals surface area contributed by atoms with Gasteiger partial charge in [-0.15, -0.1) is 0 Å². The van der Waals surface area contributed by atoms with Gasteiger partial charge in [-0.1, -0.05) is 30.3 Å². The van der Waals surface area contributed by atoms with Crippen molar-refractivity contribution in [1.29, 1.82) is 0 Å². The maximum atomic E-state index is 5.49. The van der Waals surface area contributed by atoms with E-state index in [2.05, 4.69) is 11.2 Å². The first-order chi connectivity index (χ1) is 6.36. The van der Waals surface area contributed by atoms with Gasteiger partial charge in [0.05, 0.1) is 11.4 Å². The summed E-state index contributed by atoms with van der Waals surface area (Å²) in [5, 5.41) is 0. The van der Waals surface area contributed by atoms with Crippen LogP contribution in [0, 0.1) is 6.20 Å². The number of rotatable bonds is 1. The van der Waals surface area contributed by atoms with Crippen LogP contribution >= 0.6 is 0 Å². The van der Waals surface area contributed by atoms with Crippen molar-refractivity contribution >= 4 is 5.69 Å². The summed E-state index contributed by atoms with van der Waals surface area (Å²) in [7, 11) is 0. The average molecular weight is 169 g/mol. The maximum Gasteiger partial charge on any atom is 0.114 e. The molecule has 2 rings (SSSR count). The SMILES string of the molecule is Nc1[c]nc(-c2ccccc2)cc1. The second-order valence-electron chi connectivity index (χ2n) is 2.76. The van der Waals surface area contributed by atoms with Crippen LogP contribution in [0.2, 0.25) is 0 Å². The fourth-order valence-corrected chi connectivity index (χ4v) is 1.14. The van der Waals surface area contributed by atoms with Crippen molar-refractivity contribution in [2.45, 2.75) is 0 Å². The van der Waals surface area contributed by atoms with E-state index in [-0.39, 0.29) is 0 Å². The Morgan fingerprint density at radius 2 is 1.77 bits per heavy atom. The van der Waals surface area contributed by atoms with E-state index < -0.39 is 0 Å². The Balaban J connectivity index is 2.42. The van der Waals surface area contributed by atoms with Gasteiger partial charge in [-0.3, -0.25) is 0 Å².